The van der Waals surface area contributed by atoms with Crippen LogP contribution in [-0.4, -0.2) is 39.4 Å². The van der Waals surface area contributed by atoms with Crippen molar-refractivity contribution in [2.45, 2.75) is 12.7 Å². The fourth-order valence-corrected chi connectivity index (χ4v) is 2.58. The number of anilines is 2. The first-order valence-electron chi connectivity index (χ1n) is 7.84. The number of aromatic amines is 1. The maximum absolute atomic E-state index is 13.0. The van der Waals surface area contributed by atoms with Crippen LogP contribution in [0.5, 0.6) is 0 Å². The quantitative estimate of drug-likeness (QED) is 0.624. The number of H-pyrrole nitrogens is 1. The molecule has 1 aromatic carbocycles. The van der Waals surface area contributed by atoms with Gasteiger partial charge in [0.2, 0.25) is 5.91 Å². The topological polar surface area (TPSA) is 113 Å². The molecule has 0 aliphatic heterocycles. The van der Waals surface area contributed by atoms with Crippen molar-refractivity contribution in [3.8, 4) is 0 Å². The van der Waals surface area contributed by atoms with Crippen LogP contribution >= 0.6 is 0 Å². The van der Waals surface area contributed by atoms with E-state index in [-0.39, 0.29) is 24.3 Å². The second-order valence-corrected chi connectivity index (χ2v) is 5.82. The van der Waals surface area contributed by atoms with Crippen LogP contribution in [0.2, 0.25) is 0 Å². The number of benzene rings is 1. The normalized spacial score (nSPS) is 11.6. The van der Waals surface area contributed by atoms with Crippen LogP contribution < -0.4 is 16.0 Å². The Morgan fingerprint density at radius 3 is 2.74 bits per heavy atom. The lowest BCUT2D eigenvalue weighted by Crippen LogP contribution is -2.31. The van der Waals surface area contributed by atoms with Crippen LogP contribution in [0.4, 0.5) is 24.7 Å². The number of nitrogens with one attached hydrogen (secondary N) is 2. The monoisotopic (exact) mass is 379 g/mol. The first-order valence-corrected chi connectivity index (χ1v) is 7.84. The van der Waals surface area contributed by atoms with E-state index in [1.54, 1.807) is 7.05 Å². The molecule has 3 rings (SSSR count). The summed E-state index contributed by atoms with van der Waals surface area (Å²) in [6.07, 6.45) is -1.77. The Hall–Kier alpha value is -3.21. The Morgan fingerprint density at radius 2 is 2.04 bits per heavy atom. The molecule has 0 saturated carbocycles. The molecule has 0 saturated heterocycles. The third-order valence-corrected chi connectivity index (χ3v) is 3.78. The van der Waals surface area contributed by atoms with Crippen molar-refractivity contribution in [2.24, 2.45) is 5.73 Å². The molecule has 0 bridgehead atoms. The Bertz CT molecular complexity index is 970. The van der Waals surface area contributed by atoms with Gasteiger partial charge in [-0.15, -0.1) is 0 Å². The number of likely N-dealkylation sites (N-methyl/N-ethyl adjacent to an activating group) is 1. The predicted octanol–water partition coefficient (Wildman–Crippen LogP) is 1.91. The molecule has 8 nitrogen and oxygen atoms in total. The Morgan fingerprint density at radius 1 is 1.26 bits per heavy atom. The maximum Gasteiger partial charge on any atom is 0.416 e. The summed E-state index contributed by atoms with van der Waals surface area (Å²) in [7, 11) is 1.62. The van der Waals surface area contributed by atoms with Crippen molar-refractivity contribution in [1.82, 2.24) is 19.9 Å². The molecule has 0 radical (unpaired) electrons. The number of imidazole rings is 1. The molecule has 2 aromatic heterocycles. The molecule has 0 fully saturated rings. The number of hydrogen-bond acceptors (Lipinski definition) is 6. The van der Waals surface area contributed by atoms with Crippen molar-refractivity contribution in [3.05, 3.63) is 42.0 Å². The SMILES string of the molecule is CN(CC(=O)Nc1cc(CN)cc(C(F)(F)F)c1)c1ncnc2nc[nH]c12. The van der Waals surface area contributed by atoms with Crippen LogP contribution in [0.15, 0.2) is 30.9 Å². The molecule has 0 unspecified atom stereocenters. The average molecular weight is 379 g/mol. The van der Waals surface area contributed by atoms with E-state index in [0.29, 0.717) is 17.0 Å². The number of alkyl halides is 3. The molecule has 27 heavy (non-hydrogen) atoms. The van der Waals surface area contributed by atoms with Crippen molar-refractivity contribution in [2.75, 3.05) is 23.8 Å². The molecule has 0 spiro atoms. The van der Waals surface area contributed by atoms with E-state index in [9.17, 15) is 18.0 Å². The smallest absolute Gasteiger partial charge is 0.348 e. The first kappa shape index (κ1) is 18.6. The number of rotatable bonds is 5. The molecule has 3 aromatic rings. The minimum absolute atomic E-state index is 0.0260. The molecule has 0 atom stereocenters. The van der Waals surface area contributed by atoms with Gasteiger partial charge in [0.1, 0.15) is 11.8 Å². The van der Waals surface area contributed by atoms with E-state index >= 15 is 0 Å². The zero-order valence-electron chi connectivity index (χ0n) is 14.2. The number of nitrogens with zero attached hydrogens (tertiary/aromatic N) is 4. The Labute approximate surface area is 151 Å². The molecule has 1 amide bonds. The number of carbonyl (C=O) groups is 1. The van der Waals surface area contributed by atoms with E-state index in [1.165, 1.54) is 23.6 Å². The van der Waals surface area contributed by atoms with E-state index in [2.05, 4.69) is 25.3 Å². The van der Waals surface area contributed by atoms with Gasteiger partial charge in [-0.3, -0.25) is 4.79 Å². The lowest BCUT2D eigenvalue weighted by Gasteiger charge is -2.18. The maximum atomic E-state index is 13.0. The highest BCUT2D eigenvalue weighted by Crippen LogP contribution is 2.32. The Balaban J connectivity index is 1.77. The van der Waals surface area contributed by atoms with Gasteiger partial charge < -0.3 is 20.9 Å². The number of halogens is 3. The highest BCUT2D eigenvalue weighted by molar-refractivity contribution is 5.95. The molecule has 0 aliphatic carbocycles. The van der Waals surface area contributed by atoms with Gasteiger partial charge in [-0.05, 0) is 23.8 Å². The number of carbonyl (C=O) groups excluding carboxylic acids is 1. The molecule has 0 aliphatic rings. The zero-order valence-corrected chi connectivity index (χ0v) is 14.2. The van der Waals surface area contributed by atoms with Gasteiger partial charge in [-0.1, -0.05) is 0 Å². The predicted molar refractivity (Wildman–Crippen MR) is 92.9 cm³/mol. The van der Waals surface area contributed by atoms with Gasteiger partial charge in [0.15, 0.2) is 11.5 Å². The van der Waals surface area contributed by atoms with Gasteiger partial charge in [-0.25, -0.2) is 15.0 Å². The van der Waals surface area contributed by atoms with Gasteiger partial charge in [0.25, 0.3) is 0 Å². The summed E-state index contributed by atoms with van der Waals surface area (Å²) in [6.45, 7) is -0.217. The van der Waals surface area contributed by atoms with Crippen LogP contribution in [0.3, 0.4) is 0 Å². The zero-order chi connectivity index (χ0) is 19.6. The lowest BCUT2D eigenvalue weighted by molar-refractivity contribution is -0.137. The van der Waals surface area contributed by atoms with Crippen molar-refractivity contribution < 1.29 is 18.0 Å². The third kappa shape index (κ3) is 4.14. The second kappa shape index (κ2) is 7.19. The summed E-state index contributed by atoms with van der Waals surface area (Å²) >= 11 is 0. The van der Waals surface area contributed by atoms with Gasteiger partial charge in [-0.2, -0.15) is 13.2 Å². The molecular formula is C16H16F3N7O. The van der Waals surface area contributed by atoms with Gasteiger partial charge >= 0.3 is 6.18 Å². The number of nitrogens with two attached hydrogens (primary N) is 1. The summed E-state index contributed by atoms with van der Waals surface area (Å²) in [4.78, 5) is 28.8. The average Bonchev–Trinajstić information content (AvgIpc) is 3.09. The minimum atomic E-state index is -4.53. The van der Waals surface area contributed by atoms with E-state index < -0.39 is 17.6 Å². The van der Waals surface area contributed by atoms with Crippen molar-refractivity contribution in [3.63, 3.8) is 0 Å². The molecule has 142 valence electrons. The van der Waals surface area contributed by atoms with Crippen LogP contribution in [-0.2, 0) is 17.5 Å². The van der Waals surface area contributed by atoms with E-state index in [4.69, 9.17) is 5.73 Å². The van der Waals surface area contributed by atoms with E-state index in [1.807, 2.05) is 0 Å². The highest BCUT2D eigenvalue weighted by atomic mass is 19.4. The summed E-state index contributed by atoms with van der Waals surface area (Å²) in [5, 5.41) is 2.47. The number of aromatic nitrogens is 4. The second-order valence-electron chi connectivity index (χ2n) is 5.82. The first-order chi connectivity index (χ1) is 12.8. The van der Waals surface area contributed by atoms with Crippen LogP contribution in [0, 0.1) is 0 Å². The molecule has 11 heteroatoms. The summed E-state index contributed by atoms with van der Waals surface area (Å²) in [5.74, 6) is -0.0644. The number of fused-ring (bicyclic) bond motifs is 1. The third-order valence-electron chi connectivity index (χ3n) is 3.78. The summed E-state index contributed by atoms with van der Waals surface area (Å²) in [5.41, 5.74) is 5.87. The summed E-state index contributed by atoms with van der Waals surface area (Å²) < 4.78 is 39.0. The highest BCUT2D eigenvalue weighted by Gasteiger charge is 2.31. The van der Waals surface area contributed by atoms with Gasteiger partial charge in [0.05, 0.1) is 18.4 Å². The van der Waals surface area contributed by atoms with Gasteiger partial charge in [0, 0.05) is 19.3 Å². The van der Waals surface area contributed by atoms with Crippen LogP contribution in [0.1, 0.15) is 11.1 Å². The molecular weight excluding hydrogens is 363 g/mol. The molecule has 4 N–H and O–H groups in total. The fourth-order valence-electron chi connectivity index (χ4n) is 2.58. The largest absolute Gasteiger partial charge is 0.416 e. The standard InChI is InChI=1S/C16H16F3N7O/c1-26(15-13-14(22-7-21-13)23-8-24-15)6-12(27)25-11-3-9(5-20)2-10(4-11)16(17,18)19/h2-4,7-8H,5-6,20H2,1H3,(H,25,27)(H,21,22,23,24). The van der Waals surface area contributed by atoms with E-state index in [0.717, 1.165) is 12.1 Å². The van der Waals surface area contributed by atoms with Crippen LogP contribution in [0.25, 0.3) is 11.2 Å². The fraction of sp³-hybridized carbons (Fsp3) is 0.250. The minimum Gasteiger partial charge on any atom is -0.348 e. The van der Waals surface area contributed by atoms with Crippen molar-refractivity contribution in [1.29, 1.82) is 0 Å². The summed E-state index contributed by atoms with van der Waals surface area (Å²) in [6, 6.07) is 3.23. The lowest BCUT2D eigenvalue weighted by atomic mass is 10.1. The number of hydrogen-bond donors (Lipinski definition) is 3. The Kier molecular flexibility index (Phi) is 4.95. The number of amides is 1. The van der Waals surface area contributed by atoms with Crippen molar-refractivity contribution >= 4 is 28.6 Å². The molecule has 2 heterocycles.